The fourth-order valence-corrected chi connectivity index (χ4v) is 1.71. The van der Waals surface area contributed by atoms with E-state index in [1.54, 1.807) is 12.4 Å². The van der Waals surface area contributed by atoms with Crippen LogP contribution in [0.1, 0.15) is 26.6 Å². The van der Waals surface area contributed by atoms with Gasteiger partial charge < -0.3 is 4.98 Å². The van der Waals surface area contributed by atoms with Crippen molar-refractivity contribution in [2.45, 2.75) is 26.2 Å². The van der Waals surface area contributed by atoms with Gasteiger partial charge in [0, 0.05) is 29.1 Å². The van der Waals surface area contributed by atoms with Crippen molar-refractivity contribution in [3.05, 3.63) is 41.1 Å². The van der Waals surface area contributed by atoms with Crippen LogP contribution in [0.25, 0.3) is 11.3 Å². The number of rotatable bonds is 1. The summed E-state index contributed by atoms with van der Waals surface area (Å²) in [6, 6.07) is 5.78. The first kappa shape index (κ1) is 11.9. The highest BCUT2D eigenvalue weighted by Crippen LogP contribution is 2.22. The average Bonchev–Trinajstić information content (AvgIpc) is 2.28. The van der Waals surface area contributed by atoms with Crippen molar-refractivity contribution in [1.29, 1.82) is 0 Å². The standard InChI is InChI=1S/C13H15N3S/c1-13(2,3)12-15-10(8-11(17)16-12)9-4-6-14-7-5-9/h4-8H,1-3H3,(H,15,16,17). The Morgan fingerprint density at radius 1 is 1.18 bits per heavy atom. The molecule has 88 valence electrons. The lowest BCUT2D eigenvalue weighted by atomic mass is 9.95. The Hall–Kier alpha value is -1.55. The van der Waals surface area contributed by atoms with Crippen LogP contribution >= 0.6 is 12.2 Å². The van der Waals surface area contributed by atoms with E-state index >= 15 is 0 Å². The Bertz CT molecular complexity index is 567. The lowest BCUT2D eigenvalue weighted by molar-refractivity contribution is 0.545. The van der Waals surface area contributed by atoms with Crippen LogP contribution in [0.2, 0.25) is 0 Å². The van der Waals surface area contributed by atoms with Crippen LogP contribution < -0.4 is 0 Å². The first-order chi connectivity index (χ1) is 7.97. The molecule has 2 heterocycles. The van der Waals surface area contributed by atoms with Gasteiger partial charge in [-0.3, -0.25) is 4.98 Å². The Balaban J connectivity index is 2.58. The minimum absolute atomic E-state index is 0.0450. The summed E-state index contributed by atoms with van der Waals surface area (Å²) in [5.74, 6) is 0.900. The molecule has 2 rings (SSSR count). The summed E-state index contributed by atoms with van der Waals surface area (Å²) in [5.41, 5.74) is 2.01. The van der Waals surface area contributed by atoms with Gasteiger partial charge in [0.05, 0.1) is 0 Å². The maximum absolute atomic E-state index is 5.21. The molecule has 0 aliphatic rings. The summed E-state index contributed by atoms with van der Waals surface area (Å²) in [4.78, 5) is 11.7. The maximum Gasteiger partial charge on any atom is 0.130 e. The van der Waals surface area contributed by atoms with Crippen molar-refractivity contribution in [2.75, 3.05) is 0 Å². The van der Waals surface area contributed by atoms with Gasteiger partial charge in [-0.25, -0.2) is 4.98 Å². The van der Waals surface area contributed by atoms with Crippen molar-refractivity contribution >= 4 is 12.2 Å². The van der Waals surface area contributed by atoms with Gasteiger partial charge in [-0.15, -0.1) is 0 Å². The molecule has 0 atom stereocenters. The van der Waals surface area contributed by atoms with E-state index in [0.29, 0.717) is 4.64 Å². The summed E-state index contributed by atoms with van der Waals surface area (Å²) in [7, 11) is 0. The second-order valence-electron chi connectivity index (χ2n) is 4.97. The summed E-state index contributed by atoms with van der Waals surface area (Å²) in [6.07, 6.45) is 3.53. The second-order valence-corrected chi connectivity index (χ2v) is 5.39. The smallest absolute Gasteiger partial charge is 0.130 e. The zero-order valence-electron chi connectivity index (χ0n) is 10.2. The Labute approximate surface area is 106 Å². The molecule has 0 unspecified atom stereocenters. The summed E-state index contributed by atoms with van der Waals surface area (Å²) < 4.78 is 0.612. The van der Waals surface area contributed by atoms with Crippen LogP contribution in [0, 0.1) is 4.64 Å². The molecule has 0 saturated heterocycles. The molecule has 1 N–H and O–H groups in total. The van der Waals surface area contributed by atoms with E-state index in [2.05, 4.69) is 35.7 Å². The Kier molecular flexibility index (Phi) is 3.07. The second kappa shape index (κ2) is 4.37. The Morgan fingerprint density at radius 2 is 1.82 bits per heavy atom. The molecule has 0 aromatic carbocycles. The highest BCUT2D eigenvalue weighted by molar-refractivity contribution is 7.71. The first-order valence-corrected chi connectivity index (χ1v) is 5.90. The zero-order chi connectivity index (χ0) is 12.5. The lowest BCUT2D eigenvalue weighted by Gasteiger charge is -2.18. The van der Waals surface area contributed by atoms with Crippen LogP contribution in [0.3, 0.4) is 0 Å². The molecule has 2 aromatic rings. The summed E-state index contributed by atoms with van der Waals surface area (Å²) in [5, 5.41) is 0. The van der Waals surface area contributed by atoms with Crippen molar-refractivity contribution < 1.29 is 0 Å². The summed E-state index contributed by atoms with van der Waals surface area (Å²) in [6.45, 7) is 6.32. The van der Waals surface area contributed by atoms with E-state index in [1.165, 1.54) is 0 Å². The number of aromatic nitrogens is 3. The van der Waals surface area contributed by atoms with Crippen molar-refractivity contribution in [2.24, 2.45) is 0 Å². The molecule has 0 bridgehead atoms. The third-order valence-electron chi connectivity index (χ3n) is 2.44. The number of aromatic amines is 1. The molecule has 2 aromatic heterocycles. The SMILES string of the molecule is CC(C)(C)c1nc(=S)cc(-c2ccncc2)[nH]1. The number of H-pyrrole nitrogens is 1. The fraction of sp³-hybridized carbons (Fsp3) is 0.308. The van der Waals surface area contributed by atoms with Crippen molar-refractivity contribution in [3.8, 4) is 11.3 Å². The Morgan fingerprint density at radius 3 is 2.41 bits per heavy atom. The van der Waals surface area contributed by atoms with Crippen molar-refractivity contribution in [1.82, 2.24) is 15.0 Å². The van der Waals surface area contributed by atoms with Crippen LogP contribution in [-0.2, 0) is 5.41 Å². The van der Waals surface area contributed by atoms with Crippen LogP contribution in [0.4, 0.5) is 0 Å². The molecule has 0 aliphatic carbocycles. The maximum atomic E-state index is 5.21. The van der Waals surface area contributed by atoms with Crippen LogP contribution in [0.15, 0.2) is 30.6 Å². The molecular formula is C13H15N3S. The van der Waals surface area contributed by atoms with Gasteiger partial charge in [0.1, 0.15) is 10.5 Å². The highest BCUT2D eigenvalue weighted by Gasteiger charge is 2.17. The van der Waals surface area contributed by atoms with Gasteiger partial charge in [0.2, 0.25) is 0 Å². The van der Waals surface area contributed by atoms with Crippen molar-refractivity contribution in [3.63, 3.8) is 0 Å². The topological polar surface area (TPSA) is 41.6 Å². The molecule has 4 heteroatoms. The quantitative estimate of drug-likeness (QED) is 0.782. The number of pyridine rings is 1. The third kappa shape index (κ3) is 2.77. The van der Waals surface area contributed by atoms with E-state index in [-0.39, 0.29) is 5.41 Å². The van der Waals surface area contributed by atoms with Gasteiger partial charge in [-0.2, -0.15) is 0 Å². The van der Waals surface area contributed by atoms with Crippen LogP contribution in [0.5, 0.6) is 0 Å². The third-order valence-corrected chi connectivity index (χ3v) is 2.65. The van der Waals surface area contributed by atoms with E-state index in [1.807, 2.05) is 18.2 Å². The molecule has 0 saturated carbocycles. The lowest BCUT2D eigenvalue weighted by Crippen LogP contribution is -2.16. The normalized spacial score (nSPS) is 11.5. The van der Waals surface area contributed by atoms with E-state index < -0.39 is 0 Å². The minimum Gasteiger partial charge on any atom is -0.343 e. The van der Waals surface area contributed by atoms with Gasteiger partial charge >= 0.3 is 0 Å². The zero-order valence-corrected chi connectivity index (χ0v) is 11.0. The monoisotopic (exact) mass is 245 g/mol. The van der Waals surface area contributed by atoms with Crippen LogP contribution in [-0.4, -0.2) is 15.0 Å². The minimum atomic E-state index is -0.0450. The molecule has 0 spiro atoms. The number of nitrogens with zero attached hydrogens (tertiary/aromatic N) is 2. The average molecular weight is 245 g/mol. The first-order valence-electron chi connectivity index (χ1n) is 5.49. The highest BCUT2D eigenvalue weighted by atomic mass is 32.1. The molecule has 0 radical (unpaired) electrons. The number of hydrogen-bond acceptors (Lipinski definition) is 3. The molecule has 0 fully saturated rings. The predicted molar refractivity (Wildman–Crippen MR) is 71.4 cm³/mol. The fourth-order valence-electron chi connectivity index (χ4n) is 1.50. The molecule has 3 nitrogen and oxygen atoms in total. The van der Waals surface area contributed by atoms with E-state index in [9.17, 15) is 0 Å². The van der Waals surface area contributed by atoms with Gasteiger partial charge in [-0.05, 0) is 18.2 Å². The number of nitrogens with one attached hydrogen (secondary N) is 1. The van der Waals surface area contributed by atoms with Gasteiger partial charge in [-0.1, -0.05) is 33.0 Å². The van der Waals surface area contributed by atoms with Gasteiger partial charge in [0.25, 0.3) is 0 Å². The number of hydrogen-bond donors (Lipinski definition) is 1. The van der Waals surface area contributed by atoms with E-state index in [0.717, 1.165) is 17.1 Å². The molecule has 17 heavy (non-hydrogen) atoms. The van der Waals surface area contributed by atoms with Gasteiger partial charge in [0.15, 0.2) is 0 Å². The predicted octanol–water partition coefficient (Wildman–Crippen LogP) is 3.50. The molecule has 0 amide bonds. The summed E-state index contributed by atoms with van der Waals surface area (Å²) >= 11 is 5.21. The molecule has 0 aliphatic heterocycles. The largest absolute Gasteiger partial charge is 0.343 e. The molecular weight excluding hydrogens is 230 g/mol. The van der Waals surface area contributed by atoms with E-state index in [4.69, 9.17) is 12.2 Å².